The first-order valence-electron chi connectivity index (χ1n) is 51.4. The minimum atomic E-state index is -4.58. The zero-order valence-corrected chi connectivity index (χ0v) is 87.4. The number of pyridine rings is 4. The topological polar surface area (TPSA) is 435 Å². The third-order valence-corrected chi connectivity index (χ3v) is 30.6. The van der Waals surface area contributed by atoms with Crippen molar-refractivity contribution in [2.45, 2.75) is 245 Å². The standard InChI is InChI=1S/C28H34N6O3.2C27H38N6O3.C26H33F3N6O3/c1-6-20(21-10-8-7-9-11-21)18-25(35)34-26(28(37)32(4)24-13-15-30-33(24)5)22(27(34)36)16-19-12-14-29-23(17-19)31(2)3;1-5-19(20-9-7-6-8-10-20)14-24(34)33-25(27(36)32(4)23-15-31(3)16-29-23)21(26(33)35)12-18-11-17(2)30-22(28)13-18;1-5-19(20-9-7-6-8-10-20)16-23(34)33-24(26(36)32(4)27-29-11-12-31(27)3)21(25(33)35)14-18-13-17(2)30-22(28)15-18;1-15-11-16(13-20(30)32-15)12-18-22(24(38)34(3)25-31-9-10-33(25)2)35(23(18)37)21(36)14-19(26(27,28)29)17-7-5-4-6-8-17/h7-15,17,20,22,26H,6,16,18H2,1-5H3;11,13,15-16,19-21,25H,5-10,12,14H2,1-4H3,(H2,28,30);11-13,15,19-21,24H,5-10,14,16H2,1-4H3,(H2,28,30);9-11,13,17-19,22H,4-8,12,14H2,1-3H3,(H2,30,32)/t20-,22+,26-;19-,21+,25-;19-,21+,24-;18-,19+,22+/m0001/s1. The van der Waals surface area contributed by atoms with Gasteiger partial charge >= 0.3 is 6.18 Å². The van der Waals surface area contributed by atoms with Gasteiger partial charge in [-0.15, -0.1) is 0 Å². The molecule has 4 saturated heterocycles. The number of imide groups is 4. The highest BCUT2D eigenvalue weighted by Gasteiger charge is 2.61. The lowest BCUT2D eigenvalue weighted by Crippen LogP contribution is -2.69. The molecule has 0 bridgehead atoms. The van der Waals surface area contributed by atoms with E-state index < -0.39 is 90.0 Å². The van der Waals surface area contributed by atoms with Crippen molar-refractivity contribution in [3.8, 4) is 0 Å². The quantitative estimate of drug-likeness (QED) is 0.0330. The average Bonchev–Trinajstić information content (AvgIpc) is 1.72. The van der Waals surface area contributed by atoms with Crippen LogP contribution in [0.15, 0.2) is 135 Å². The number of halogens is 3. The number of β-lactam (4-membered cyclic amide) rings is 4. The highest BCUT2D eigenvalue weighted by Crippen LogP contribution is 2.46. The van der Waals surface area contributed by atoms with Gasteiger partial charge in [0.15, 0.2) is 5.82 Å². The predicted molar refractivity (Wildman–Crippen MR) is 551 cm³/mol. The van der Waals surface area contributed by atoms with E-state index in [1.807, 2.05) is 101 Å². The molecule has 6 N–H and O–H groups in total. The Hall–Kier alpha value is -13.9. The predicted octanol–water partition coefficient (Wildman–Crippen LogP) is 13.0. The fourth-order valence-electron chi connectivity index (χ4n) is 22.6. The Balaban J connectivity index is 0.000000164. The molecule has 0 unspecified atom stereocenters. The van der Waals surface area contributed by atoms with Gasteiger partial charge in [0.05, 0.1) is 42.1 Å². The number of aromatic nitrogens is 12. The molecule has 36 nitrogen and oxygen atoms in total. The first-order valence-corrected chi connectivity index (χ1v) is 51.4. The Morgan fingerprint density at radius 2 is 0.796 bits per heavy atom. The molecular formula is C108H143F3N24O12. The minimum Gasteiger partial charge on any atom is -0.384 e. The van der Waals surface area contributed by atoms with Crippen molar-refractivity contribution in [1.29, 1.82) is 0 Å². The summed E-state index contributed by atoms with van der Waals surface area (Å²) in [5.74, 6) is -5.26. The van der Waals surface area contributed by atoms with Gasteiger partial charge in [0.25, 0.3) is 23.6 Å². The van der Waals surface area contributed by atoms with E-state index >= 15 is 0 Å². The number of hydrogen-bond donors (Lipinski definition) is 3. The summed E-state index contributed by atoms with van der Waals surface area (Å²) in [4.78, 5) is 203. The number of likely N-dealkylation sites (tertiary alicyclic amines) is 4. The third-order valence-electron chi connectivity index (χ3n) is 30.6. The summed E-state index contributed by atoms with van der Waals surface area (Å²) in [6.07, 6.45) is 26.9. The van der Waals surface area contributed by atoms with E-state index in [9.17, 15) is 70.7 Å². The van der Waals surface area contributed by atoms with Gasteiger partial charge in [-0.25, -0.2) is 34.9 Å². The average molecular weight is 2030 g/mol. The first-order chi connectivity index (χ1) is 70.0. The lowest BCUT2D eigenvalue weighted by Gasteiger charge is -2.46. The molecule has 7 aliphatic rings. The number of nitrogens with two attached hydrogens (primary N) is 3. The summed E-state index contributed by atoms with van der Waals surface area (Å²) in [7, 11) is 17.2. The lowest BCUT2D eigenvalue weighted by atomic mass is 9.76. The van der Waals surface area contributed by atoms with Crippen LogP contribution in [0.2, 0.25) is 0 Å². The number of amides is 12. The summed E-state index contributed by atoms with van der Waals surface area (Å²) in [5, 5.41) is 4.15. The number of likely N-dealkylation sites (N-methyl/N-ethyl adjacent to an activating group) is 4. The van der Waals surface area contributed by atoms with Crippen LogP contribution in [0.1, 0.15) is 213 Å². The number of nitrogen functional groups attached to an aromatic ring is 3. The first kappa shape index (κ1) is 110. The number of alkyl halides is 3. The molecule has 16 rings (SSSR count). The molecule has 12 atom stereocenters. The Labute approximate surface area is 857 Å². The molecule has 3 saturated carbocycles. The van der Waals surface area contributed by atoms with E-state index in [1.165, 1.54) is 86.1 Å². The molecule has 147 heavy (non-hydrogen) atoms. The van der Waals surface area contributed by atoms with Crippen LogP contribution in [0, 0.1) is 80.0 Å². The maximum absolute atomic E-state index is 14.0. The van der Waals surface area contributed by atoms with Gasteiger partial charge in [0, 0.05) is 156 Å². The van der Waals surface area contributed by atoms with Crippen molar-refractivity contribution in [2.75, 3.05) is 84.0 Å². The molecule has 39 heteroatoms. The van der Waals surface area contributed by atoms with Crippen molar-refractivity contribution in [2.24, 2.45) is 87.4 Å². The molecule has 3 aliphatic carbocycles. The van der Waals surface area contributed by atoms with Crippen molar-refractivity contribution < 1.29 is 70.7 Å². The van der Waals surface area contributed by atoms with Gasteiger partial charge in [-0.05, 0) is 178 Å². The van der Waals surface area contributed by atoms with Crippen LogP contribution >= 0.6 is 0 Å². The third kappa shape index (κ3) is 25.7. The normalized spacial score (nSPS) is 20.3. The number of nitrogens with zero attached hydrogens (tertiary/aromatic N) is 21. The van der Waals surface area contributed by atoms with Crippen molar-refractivity contribution in [3.63, 3.8) is 0 Å². The molecule has 12 heterocycles. The Kier molecular flexibility index (Phi) is 36.5. The van der Waals surface area contributed by atoms with Crippen LogP contribution in [0.25, 0.3) is 0 Å². The van der Waals surface area contributed by atoms with Gasteiger partial charge in [-0.2, -0.15) is 18.3 Å². The molecule has 7 fully saturated rings. The van der Waals surface area contributed by atoms with Gasteiger partial charge < -0.3 is 35.8 Å². The number of carbonyl (C=O) groups excluding carboxylic acids is 12. The monoisotopic (exact) mass is 2030 g/mol. The largest absolute Gasteiger partial charge is 0.392 e. The molecule has 0 radical (unpaired) electrons. The number of hydrogen-bond acceptors (Lipinski definition) is 24. The van der Waals surface area contributed by atoms with Crippen LogP contribution < -0.4 is 41.7 Å². The molecule has 9 aromatic rings. The Morgan fingerprint density at radius 1 is 0.415 bits per heavy atom. The van der Waals surface area contributed by atoms with E-state index in [2.05, 4.69) is 53.8 Å². The number of benzene rings is 1. The zero-order valence-electron chi connectivity index (χ0n) is 87.4. The highest BCUT2D eigenvalue weighted by molar-refractivity contribution is 6.16. The second-order valence-corrected chi connectivity index (χ2v) is 41.0. The fourth-order valence-corrected chi connectivity index (χ4v) is 22.6. The van der Waals surface area contributed by atoms with Crippen molar-refractivity contribution >= 4 is 118 Å². The van der Waals surface area contributed by atoms with E-state index in [0.29, 0.717) is 110 Å². The van der Waals surface area contributed by atoms with Crippen LogP contribution in [-0.2, 0) is 111 Å². The van der Waals surface area contributed by atoms with Crippen molar-refractivity contribution in [1.82, 2.24) is 78.0 Å². The fraction of sp³-hybridized carbons (Fsp3) is 0.537. The van der Waals surface area contributed by atoms with Crippen LogP contribution in [0.4, 0.5) is 60.0 Å². The number of anilines is 8. The zero-order chi connectivity index (χ0) is 106. The highest BCUT2D eigenvalue weighted by atomic mass is 19.4. The Morgan fingerprint density at radius 3 is 1.14 bits per heavy atom. The number of rotatable bonds is 32. The van der Waals surface area contributed by atoms with Gasteiger partial charge in [-0.1, -0.05) is 147 Å². The van der Waals surface area contributed by atoms with E-state index in [-0.39, 0.29) is 95.5 Å². The summed E-state index contributed by atoms with van der Waals surface area (Å²) < 4.78 is 48.8. The Bertz CT molecular complexity index is 6140. The molecular weight excluding hydrogens is 1880 g/mol. The van der Waals surface area contributed by atoms with Crippen LogP contribution in [0.3, 0.4) is 0 Å². The summed E-state index contributed by atoms with van der Waals surface area (Å²) in [6.45, 7) is 11.7. The number of carbonyl (C=O) groups is 12. The molecule has 1 aromatic carbocycles. The van der Waals surface area contributed by atoms with Gasteiger partial charge in [-0.3, -0.25) is 101 Å². The number of aryl methyl sites for hydroxylation is 7. The maximum atomic E-state index is 14.0. The number of imidazole rings is 3. The molecule has 0 spiro atoms. The van der Waals surface area contributed by atoms with Gasteiger partial charge in [0.1, 0.15) is 53.3 Å². The summed E-state index contributed by atoms with van der Waals surface area (Å²) in [5.41, 5.74) is 24.0. The van der Waals surface area contributed by atoms with Gasteiger partial charge in [0.2, 0.25) is 59.2 Å². The minimum absolute atomic E-state index is 0.0334. The maximum Gasteiger partial charge on any atom is 0.392 e. The van der Waals surface area contributed by atoms with Crippen molar-refractivity contribution in [3.05, 3.63) is 180 Å². The second-order valence-electron chi connectivity index (χ2n) is 41.0. The summed E-state index contributed by atoms with van der Waals surface area (Å²) >= 11 is 0. The molecule has 788 valence electrons. The molecule has 4 aliphatic heterocycles. The molecule has 12 amide bonds. The van der Waals surface area contributed by atoms with E-state index in [0.717, 1.165) is 95.7 Å². The smallest absolute Gasteiger partial charge is 0.384 e. The lowest BCUT2D eigenvalue weighted by molar-refractivity contribution is -0.199. The molecule has 8 aromatic heterocycles. The van der Waals surface area contributed by atoms with E-state index in [4.69, 9.17) is 17.2 Å². The van der Waals surface area contributed by atoms with Crippen LogP contribution in [-0.4, -0.2) is 221 Å². The SMILES string of the molecule is CC[C@@H](CC(=O)N1C(=O)[C@H](Cc2cc(C)nc(N)c2)[C@H]1C(=O)N(C)c1cn(C)cn1)C1CCCCC1.CC[C@@H](CC(=O)N1C(=O)[C@H](Cc2cc(C)nc(N)c2)[C@H]1C(=O)N(C)c1nccn1C)C1CCCCC1.CC[C@@H](CC(=O)N1C(=O)[C@H](Cc2ccnc(N(C)C)c2)[C@H]1C(=O)N(C)c1ccnn1C)c1ccccc1.Cc1cc(C[C@H]2C(=O)N(C(=O)C[C@@H](C3CCCCC3)C(F)(F)F)[C@@H]2C(=O)N(C)c2nccn2C)cc(N)n1. The van der Waals surface area contributed by atoms with Crippen LogP contribution in [0.5, 0.6) is 0 Å². The summed E-state index contributed by atoms with van der Waals surface area (Å²) in [6, 6.07) is 21.9. The van der Waals surface area contributed by atoms with E-state index in [1.54, 1.807) is 141 Å². The second kappa shape index (κ2) is 48.6.